The molecule has 0 fully saturated rings. The monoisotopic (exact) mass is 213 g/mol. The average Bonchev–Trinajstić information content (AvgIpc) is 1.61. The number of alkyl halides is 1. The van der Waals surface area contributed by atoms with E-state index in [4.69, 9.17) is 5.26 Å². The SMILES string of the molecule is N#C[Se]CCBr. The minimum atomic E-state index is 0.226. The van der Waals surface area contributed by atoms with Crippen LogP contribution in [0, 0.1) is 10.2 Å². The molecule has 0 aromatic carbocycles. The van der Waals surface area contributed by atoms with Gasteiger partial charge >= 0.3 is 51.8 Å². The Labute approximate surface area is 52.0 Å². The molecular formula is C3H4BrNSe. The van der Waals surface area contributed by atoms with Crippen molar-refractivity contribution in [3.8, 4) is 4.97 Å². The molecule has 34 valence electrons. The molecule has 0 spiro atoms. The van der Waals surface area contributed by atoms with Crippen molar-refractivity contribution in [3.05, 3.63) is 0 Å². The van der Waals surface area contributed by atoms with Crippen LogP contribution in [-0.2, 0) is 0 Å². The fourth-order valence-electron chi connectivity index (χ4n) is 0.0842. The third-order valence-corrected chi connectivity index (χ3v) is 2.95. The van der Waals surface area contributed by atoms with Gasteiger partial charge in [0, 0.05) is 0 Å². The molecular weight excluding hydrogens is 209 g/mol. The molecule has 3 heteroatoms. The summed E-state index contributed by atoms with van der Waals surface area (Å²) in [6.07, 6.45) is 0. The first-order valence-electron chi connectivity index (χ1n) is 1.48. The summed E-state index contributed by atoms with van der Waals surface area (Å²) in [5.74, 6) is 0. The zero-order valence-electron chi connectivity index (χ0n) is 3.15. The Balaban J connectivity index is 2.54. The van der Waals surface area contributed by atoms with Crippen LogP contribution in [0.1, 0.15) is 0 Å². The summed E-state index contributed by atoms with van der Waals surface area (Å²) in [4.78, 5) is 2.10. The van der Waals surface area contributed by atoms with Gasteiger partial charge < -0.3 is 0 Å². The third-order valence-electron chi connectivity index (χ3n) is 0.244. The molecule has 0 amide bonds. The molecule has 0 rings (SSSR count). The summed E-state index contributed by atoms with van der Waals surface area (Å²) in [6, 6.07) is 0. The van der Waals surface area contributed by atoms with Crippen LogP contribution in [0.2, 0.25) is 5.32 Å². The summed E-state index contributed by atoms with van der Waals surface area (Å²) in [5, 5.41) is 9.96. The van der Waals surface area contributed by atoms with Gasteiger partial charge in [-0.15, -0.1) is 0 Å². The zero-order chi connectivity index (χ0) is 4.83. The number of hydrogen-bond acceptors (Lipinski definition) is 1. The van der Waals surface area contributed by atoms with Gasteiger partial charge in [0.2, 0.25) is 0 Å². The van der Waals surface area contributed by atoms with Gasteiger partial charge in [0.1, 0.15) is 0 Å². The number of halogens is 1. The number of rotatable bonds is 2. The van der Waals surface area contributed by atoms with Crippen molar-refractivity contribution in [2.24, 2.45) is 0 Å². The Morgan fingerprint density at radius 2 is 2.50 bits per heavy atom. The number of nitriles is 1. The molecule has 0 saturated carbocycles. The summed E-state index contributed by atoms with van der Waals surface area (Å²) in [7, 11) is 0. The van der Waals surface area contributed by atoms with E-state index in [1.165, 1.54) is 0 Å². The molecule has 0 aliphatic rings. The summed E-state index contributed by atoms with van der Waals surface area (Å²) >= 11 is 3.44. The first kappa shape index (κ1) is 6.49. The van der Waals surface area contributed by atoms with Gasteiger partial charge in [-0.05, 0) is 0 Å². The van der Waals surface area contributed by atoms with Gasteiger partial charge in [-0.2, -0.15) is 0 Å². The van der Waals surface area contributed by atoms with Crippen molar-refractivity contribution in [1.29, 1.82) is 5.26 Å². The van der Waals surface area contributed by atoms with E-state index in [0.29, 0.717) is 0 Å². The fourth-order valence-corrected chi connectivity index (χ4v) is 1.28. The summed E-state index contributed by atoms with van der Waals surface area (Å²) in [6.45, 7) is 0. The van der Waals surface area contributed by atoms with Crippen molar-refractivity contribution in [3.63, 3.8) is 0 Å². The zero-order valence-corrected chi connectivity index (χ0v) is 6.45. The van der Waals surface area contributed by atoms with Crippen LogP contribution < -0.4 is 0 Å². The van der Waals surface area contributed by atoms with Gasteiger partial charge in [0.05, 0.1) is 0 Å². The van der Waals surface area contributed by atoms with E-state index in [1.807, 2.05) is 0 Å². The number of nitrogens with zero attached hydrogens (tertiary/aromatic N) is 1. The van der Waals surface area contributed by atoms with E-state index in [0.717, 1.165) is 10.6 Å². The fraction of sp³-hybridized carbons (Fsp3) is 0.667. The standard InChI is InChI=1S/C3H4BrNSe/c4-1-2-6-3-5/h1-2H2. The molecule has 1 nitrogen and oxygen atoms in total. The predicted molar refractivity (Wildman–Crippen MR) is 30.0 cm³/mol. The second-order valence-electron chi connectivity index (χ2n) is 0.629. The van der Waals surface area contributed by atoms with Crippen molar-refractivity contribution in [2.75, 3.05) is 5.33 Å². The Morgan fingerprint density at radius 3 is 2.67 bits per heavy atom. The van der Waals surface area contributed by atoms with Crippen LogP contribution in [0.3, 0.4) is 0 Å². The van der Waals surface area contributed by atoms with E-state index in [9.17, 15) is 0 Å². The van der Waals surface area contributed by atoms with Crippen molar-refractivity contribution >= 4 is 30.9 Å². The molecule has 0 saturated heterocycles. The van der Waals surface area contributed by atoms with Gasteiger partial charge in [-0.3, -0.25) is 0 Å². The molecule has 0 aromatic rings. The molecule has 6 heavy (non-hydrogen) atoms. The van der Waals surface area contributed by atoms with Gasteiger partial charge in [-0.25, -0.2) is 0 Å². The van der Waals surface area contributed by atoms with Crippen LogP contribution in [0.4, 0.5) is 0 Å². The Morgan fingerprint density at radius 1 is 1.83 bits per heavy atom. The van der Waals surface area contributed by atoms with Crippen LogP contribution >= 0.6 is 15.9 Å². The second kappa shape index (κ2) is 5.49. The maximum atomic E-state index is 7.95. The second-order valence-corrected chi connectivity index (χ2v) is 3.27. The number of hydrogen-bond donors (Lipinski definition) is 0. The average molecular weight is 213 g/mol. The Bertz CT molecular complexity index is 58.3. The molecule has 0 aliphatic heterocycles. The van der Waals surface area contributed by atoms with Gasteiger partial charge in [-0.1, -0.05) is 0 Å². The molecule has 0 heterocycles. The van der Waals surface area contributed by atoms with E-state index in [-0.39, 0.29) is 15.0 Å². The van der Waals surface area contributed by atoms with Crippen LogP contribution in [0.15, 0.2) is 0 Å². The Kier molecular flexibility index (Phi) is 5.94. The first-order chi connectivity index (χ1) is 2.91. The normalized spacial score (nSPS) is 7.33. The van der Waals surface area contributed by atoms with E-state index >= 15 is 0 Å². The van der Waals surface area contributed by atoms with Crippen LogP contribution in [-0.4, -0.2) is 20.3 Å². The third kappa shape index (κ3) is 4.49. The molecule has 0 aliphatic carbocycles. The first-order valence-corrected chi connectivity index (χ1v) is 4.67. The summed E-state index contributed by atoms with van der Waals surface area (Å²) in [5.41, 5.74) is 0. The van der Waals surface area contributed by atoms with Gasteiger partial charge in [0.25, 0.3) is 0 Å². The Hall–Kier alpha value is 0.489. The van der Waals surface area contributed by atoms with Crippen LogP contribution in [0.5, 0.6) is 0 Å². The van der Waals surface area contributed by atoms with Crippen molar-refractivity contribution in [1.82, 2.24) is 0 Å². The minimum absolute atomic E-state index is 0.226. The maximum absolute atomic E-state index is 7.95. The molecule has 0 unspecified atom stereocenters. The van der Waals surface area contributed by atoms with E-state index in [2.05, 4.69) is 20.9 Å². The summed E-state index contributed by atoms with van der Waals surface area (Å²) < 4.78 is 0. The van der Waals surface area contributed by atoms with Crippen molar-refractivity contribution in [2.45, 2.75) is 5.32 Å². The van der Waals surface area contributed by atoms with Crippen LogP contribution in [0.25, 0.3) is 0 Å². The quantitative estimate of drug-likeness (QED) is 0.381. The molecule has 0 aromatic heterocycles. The van der Waals surface area contributed by atoms with E-state index < -0.39 is 0 Å². The predicted octanol–water partition coefficient (Wildman–Crippen LogP) is 0.985. The molecule has 0 bridgehead atoms. The molecule has 0 N–H and O–H groups in total. The van der Waals surface area contributed by atoms with E-state index in [1.54, 1.807) is 0 Å². The topological polar surface area (TPSA) is 23.8 Å². The molecule has 0 atom stereocenters. The van der Waals surface area contributed by atoms with Gasteiger partial charge in [0.15, 0.2) is 0 Å². The van der Waals surface area contributed by atoms with Crippen molar-refractivity contribution < 1.29 is 0 Å². The molecule has 0 radical (unpaired) electrons.